The van der Waals surface area contributed by atoms with Crippen molar-refractivity contribution in [2.24, 2.45) is 0 Å². The van der Waals surface area contributed by atoms with E-state index in [1.54, 1.807) is 4.90 Å². The van der Waals surface area contributed by atoms with Crippen LogP contribution < -0.4 is 0 Å². The molecule has 1 aliphatic rings. The van der Waals surface area contributed by atoms with Gasteiger partial charge in [-0.1, -0.05) is 13.8 Å². The normalized spacial score (nSPS) is 23.9. The first kappa shape index (κ1) is 15.4. The lowest BCUT2D eigenvalue weighted by Gasteiger charge is -2.24. The molecule has 0 spiro atoms. The largest absolute Gasteiger partial charge is 0.393 e. The Morgan fingerprint density at radius 3 is 2.85 bits per heavy atom. The molecule has 1 aromatic heterocycles. The smallest absolute Gasteiger partial charge is 0.282 e. The Balaban J connectivity index is 2.05. The molecule has 1 unspecified atom stereocenters. The quantitative estimate of drug-likeness (QED) is 0.889. The number of thiazole rings is 1. The number of aromatic nitrogens is 1. The van der Waals surface area contributed by atoms with E-state index in [0.29, 0.717) is 43.3 Å². The van der Waals surface area contributed by atoms with Gasteiger partial charge < -0.3 is 15.1 Å². The first-order chi connectivity index (χ1) is 9.45. The summed E-state index contributed by atoms with van der Waals surface area (Å²) in [5.74, 6) is 0.250. The number of likely N-dealkylation sites (tertiary alicyclic amines) is 1. The molecular formula is C14H22N2O3S. The third-order valence-electron chi connectivity index (χ3n) is 3.80. The highest BCUT2D eigenvalue weighted by molar-refractivity contribution is 7.11. The molecule has 0 aromatic carbocycles. The van der Waals surface area contributed by atoms with Gasteiger partial charge in [-0.15, -0.1) is 11.3 Å². The Morgan fingerprint density at radius 2 is 2.25 bits per heavy atom. The van der Waals surface area contributed by atoms with E-state index in [0.717, 1.165) is 5.69 Å². The van der Waals surface area contributed by atoms with Gasteiger partial charge in [0.05, 0.1) is 17.9 Å². The monoisotopic (exact) mass is 298 g/mol. The fourth-order valence-electron chi connectivity index (χ4n) is 2.32. The molecule has 2 heterocycles. The second-order valence-electron chi connectivity index (χ2n) is 5.76. The van der Waals surface area contributed by atoms with Crippen molar-refractivity contribution in [2.45, 2.75) is 44.6 Å². The van der Waals surface area contributed by atoms with Gasteiger partial charge in [0.25, 0.3) is 5.91 Å². The van der Waals surface area contributed by atoms with Crippen LogP contribution in [-0.2, 0) is 0 Å². The van der Waals surface area contributed by atoms with Crippen molar-refractivity contribution in [3.05, 3.63) is 16.1 Å². The Hall–Kier alpha value is -0.980. The third-order valence-corrected chi connectivity index (χ3v) is 4.64. The van der Waals surface area contributed by atoms with Gasteiger partial charge in [0.1, 0.15) is 0 Å². The van der Waals surface area contributed by atoms with E-state index in [1.807, 2.05) is 5.38 Å². The van der Waals surface area contributed by atoms with Gasteiger partial charge in [-0.05, 0) is 25.2 Å². The first-order valence-electron chi connectivity index (χ1n) is 7.03. The van der Waals surface area contributed by atoms with Gasteiger partial charge >= 0.3 is 0 Å². The van der Waals surface area contributed by atoms with E-state index in [1.165, 1.54) is 11.3 Å². The zero-order chi connectivity index (χ0) is 14.8. The van der Waals surface area contributed by atoms with E-state index >= 15 is 0 Å². The molecule has 6 heteroatoms. The predicted octanol–water partition coefficient (Wildman–Crippen LogP) is 1.62. The lowest BCUT2D eigenvalue weighted by molar-refractivity contribution is -0.0250. The topological polar surface area (TPSA) is 73.7 Å². The van der Waals surface area contributed by atoms with E-state index in [-0.39, 0.29) is 12.5 Å². The Labute approximate surface area is 123 Å². The minimum Gasteiger partial charge on any atom is -0.393 e. The molecule has 1 amide bonds. The highest BCUT2D eigenvalue weighted by Gasteiger charge is 2.31. The Morgan fingerprint density at radius 1 is 1.50 bits per heavy atom. The van der Waals surface area contributed by atoms with E-state index < -0.39 is 5.60 Å². The second-order valence-corrected chi connectivity index (χ2v) is 6.62. The van der Waals surface area contributed by atoms with E-state index in [2.05, 4.69) is 18.8 Å². The second kappa shape index (κ2) is 6.20. The summed E-state index contributed by atoms with van der Waals surface area (Å²) >= 11 is 1.38. The summed E-state index contributed by atoms with van der Waals surface area (Å²) in [7, 11) is 0. The fourth-order valence-corrected chi connectivity index (χ4v) is 3.27. The average Bonchev–Trinajstić information content (AvgIpc) is 2.83. The van der Waals surface area contributed by atoms with Crippen molar-refractivity contribution >= 4 is 17.2 Å². The van der Waals surface area contributed by atoms with Crippen molar-refractivity contribution in [1.29, 1.82) is 0 Å². The van der Waals surface area contributed by atoms with Crippen molar-refractivity contribution in [2.75, 3.05) is 19.7 Å². The molecule has 1 saturated heterocycles. The molecule has 2 N–H and O–H groups in total. The molecule has 0 bridgehead atoms. The molecule has 1 aliphatic heterocycles. The number of amides is 1. The van der Waals surface area contributed by atoms with Gasteiger partial charge in [-0.25, -0.2) is 4.98 Å². The molecule has 0 saturated carbocycles. The van der Waals surface area contributed by atoms with Gasteiger partial charge in [0.15, 0.2) is 5.01 Å². The Kier molecular flexibility index (Phi) is 4.78. The number of carbonyl (C=O) groups excluding carboxylic acids is 1. The van der Waals surface area contributed by atoms with E-state index in [4.69, 9.17) is 0 Å². The Bertz CT molecular complexity index is 475. The van der Waals surface area contributed by atoms with Gasteiger partial charge in [0.2, 0.25) is 0 Å². The number of hydrogen-bond acceptors (Lipinski definition) is 5. The molecule has 1 fully saturated rings. The highest BCUT2D eigenvalue weighted by atomic mass is 32.1. The molecule has 0 aliphatic carbocycles. The van der Waals surface area contributed by atoms with Crippen LogP contribution in [0.2, 0.25) is 0 Å². The van der Waals surface area contributed by atoms with Gasteiger partial charge in [-0.3, -0.25) is 4.79 Å². The molecule has 1 atom stereocenters. The molecule has 5 nitrogen and oxygen atoms in total. The van der Waals surface area contributed by atoms with Crippen LogP contribution in [0.25, 0.3) is 0 Å². The summed E-state index contributed by atoms with van der Waals surface area (Å²) in [5, 5.41) is 21.8. The summed E-state index contributed by atoms with van der Waals surface area (Å²) in [6, 6.07) is 0. The molecule has 2 rings (SSSR count). The van der Waals surface area contributed by atoms with Crippen LogP contribution in [0.3, 0.4) is 0 Å². The summed E-state index contributed by atoms with van der Waals surface area (Å²) in [6.07, 6.45) is 1.64. The minimum atomic E-state index is -1.04. The number of nitrogens with zero attached hydrogens (tertiary/aromatic N) is 2. The average molecular weight is 298 g/mol. The molecule has 112 valence electrons. The van der Waals surface area contributed by atoms with Crippen LogP contribution in [0.15, 0.2) is 5.38 Å². The lowest BCUT2D eigenvalue weighted by Crippen LogP contribution is -2.36. The SMILES string of the molecule is CC(C)c1csc(C(=O)N2CCCC(O)(CO)CC2)n1. The number of aliphatic hydroxyl groups excluding tert-OH is 1. The van der Waals surface area contributed by atoms with Crippen LogP contribution in [-0.4, -0.2) is 51.3 Å². The first-order valence-corrected chi connectivity index (χ1v) is 7.91. The summed E-state index contributed by atoms with van der Waals surface area (Å²) in [5.41, 5.74) is -0.0962. The number of rotatable bonds is 3. The standard InChI is InChI=1S/C14H22N2O3S/c1-10(2)11-8-20-12(15-11)13(18)16-6-3-4-14(19,9-17)5-7-16/h8,10,17,19H,3-7,9H2,1-2H3. The third kappa shape index (κ3) is 3.37. The minimum absolute atomic E-state index is 0.0657. The summed E-state index contributed by atoms with van der Waals surface area (Å²) in [6.45, 7) is 4.93. The maximum atomic E-state index is 12.4. The maximum absolute atomic E-state index is 12.4. The van der Waals surface area contributed by atoms with Crippen LogP contribution in [0.5, 0.6) is 0 Å². The number of aliphatic hydroxyl groups is 2. The van der Waals surface area contributed by atoms with Crippen molar-refractivity contribution < 1.29 is 15.0 Å². The molecule has 20 heavy (non-hydrogen) atoms. The molecule has 0 radical (unpaired) electrons. The zero-order valence-corrected chi connectivity index (χ0v) is 12.8. The van der Waals surface area contributed by atoms with Crippen LogP contribution in [0, 0.1) is 0 Å². The van der Waals surface area contributed by atoms with Gasteiger partial charge in [0, 0.05) is 18.5 Å². The van der Waals surface area contributed by atoms with Crippen molar-refractivity contribution in [3.8, 4) is 0 Å². The van der Waals surface area contributed by atoms with Crippen molar-refractivity contribution in [3.63, 3.8) is 0 Å². The summed E-state index contributed by atoms with van der Waals surface area (Å²) in [4.78, 5) is 18.5. The summed E-state index contributed by atoms with van der Waals surface area (Å²) < 4.78 is 0. The van der Waals surface area contributed by atoms with Crippen molar-refractivity contribution in [1.82, 2.24) is 9.88 Å². The fraction of sp³-hybridized carbons (Fsp3) is 0.714. The molecule has 1 aromatic rings. The van der Waals surface area contributed by atoms with E-state index in [9.17, 15) is 15.0 Å². The predicted molar refractivity (Wildman–Crippen MR) is 78.0 cm³/mol. The lowest BCUT2D eigenvalue weighted by atomic mass is 9.96. The molecular weight excluding hydrogens is 276 g/mol. The zero-order valence-electron chi connectivity index (χ0n) is 12.0. The van der Waals surface area contributed by atoms with Gasteiger partial charge in [-0.2, -0.15) is 0 Å². The number of carbonyl (C=O) groups is 1. The highest BCUT2D eigenvalue weighted by Crippen LogP contribution is 2.24. The maximum Gasteiger partial charge on any atom is 0.282 e. The van der Waals surface area contributed by atoms with Crippen LogP contribution in [0.1, 0.15) is 54.5 Å². The van der Waals surface area contributed by atoms with Crippen LogP contribution in [0.4, 0.5) is 0 Å². The number of hydrogen-bond donors (Lipinski definition) is 2. The van der Waals surface area contributed by atoms with Crippen LogP contribution >= 0.6 is 11.3 Å².